The fraction of sp³-hybridized carbons (Fsp3) is 0.375. The molecule has 0 amide bonds. The molecule has 0 unspecified atom stereocenters. The van der Waals surface area contributed by atoms with Gasteiger partial charge in [-0.1, -0.05) is 0 Å². The highest BCUT2D eigenvalue weighted by Crippen LogP contribution is 2.24. The zero-order chi connectivity index (χ0) is 13.9. The van der Waals surface area contributed by atoms with E-state index in [1.807, 2.05) is 24.5 Å². The number of hydrogen-bond acceptors (Lipinski definition) is 4. The number of anilines is 1. The maximum Gasteiger partial charge on any atom is 0.128 e. The van der Waals surface area contributed by atoms with Crippen LogP contribution in [0.4, 0.5) is 5.82 Å². The van der Waals surface area contributed by atoms with Crippen LogP contribution in [0, 0.1) is 6.92 Å². The van der Waals surface area contributed by atoms with Crippen molar-refractivity contribution in [3.63, 3.8) is 0 Å². The highest BCUT2D eigenvalue weighted by Gasteiger charge is 2.16. The molecule has 0 radical (unpaired) electrons. The predicted octanol–water partition coefficient (Wildman–Crippen LogP) is 2.20. The molecule has 1 aliphatic rings. The molecular weight excluding hydrogens is 248 g/mol. The third-order valence-electron chi connectivity index (χ3n) is 3.89. The van der Waals surface area contributed by atoms with Gasteiger partial charge in [0.25, 0.3) is 0 Å². The van der Waals surface area contributed by atoms with Crippen molar-refractivity contribution in [2.75, 3.05) is 38.1 Å². The zero-order valence-corrected chi connectivity index (χ0v) is 12.1. The van der Waals surface area contributed by atoms with Gasteiger partial charge in [0.05, 0.1) is 0 Å². The average Bonchev–Trinajstić information content (AvgIpc) is 2.49. The fourth-order valence-electron chi connectivity index (χ4n) is 2.60. The van der Waals surface area contributed by atoms with Gasteiger partial charge >= 0.3 is 0 Å². The van der Waals surface area contributed by atoms with E-state index in [1.165, 1.54) is 11.1 Å². The van der Waals surface area contributed by atoms with Gasteiger partial charge in [-0.2, -0.15) is 0 Å². The Bertz CT molecular complexity index is 574. The van der Waals surface area contributed by atoms with Crippen LogP contribution >= 0.6 is 0 Å². The number of piperazine rings is 1. The molecule has 2 aromatic rings. The molecule has 3 rings (SSSR count). The fourth-order valence-corrected chi connectivity index (χ4v) is 2.60. The summed E-state index contributed by atoms with van der Waals surface area (Å²) in [6, 6.07) is 8.36. The summed E-state index contributed by atoms with van der Waals surface area (Å²) in [5.41, 5.74) is 3.44. The molecule has 0 atom stereocenters. The first-order chi connectivity index (χ1) is 9.74. The molecule has 1 aliphatic heterocycles. The molecule has 0 saturated carbocycles. The van der Waals surface area contributed by atoms with E-state index in [4.69, 9.17) is 4.98 Å². The van der Waals surface area contributed by atoms with Crippen molar-refractivity contribution >= 4 is 5.82 Å². The van der Waals surface area contributed by atoms with E-state index in [1.54, 1.807) is 0 Å². The summed E-state index contributed by atoms with van der Waals surface area (Å²) in [6.07, 6.45) is 3.65. The van der Waals surface area contributed by atoms with Gasteiger partial charge in [-0.15, -0.1) is 0 Å². The largest absolute Gasteiger partial charge is 0.354 e. The lowest BCUT2D eigenvalue weighted by atomic mass is 10.1. The smallest absolute Gasteiger partial charge is 0.128 e. The van der Waals surface area contributed by atoms with E-state index in [0.717, 1.165) is 37.7 Å². The molecule has 4 nitrogen and oxygen atoms in total. The van der Waals surface area contributed by atoms with Gasteiger partial charge in [0.15, 0.2) is 0 Å². The van der Waals surface area contributed by atoms with Crippen molar-refractivity contribution in [2.45, 2.75) is 6.92 Å². The summed E-state index contributed by atoms with van der Waals surface area (Å²) in [5.74, 6) is 1.09. The molecule has 0 N–H and O–H groups in total. The molecule has 104 valence electrons. The van der Waals surface area contributed by atoms with Crippen LogP contribution in [0.15, 0.2) is 36.7 Å². The van der Waals surface area contributed by atoms with E-state index in [9.17, 15) is 0 Å². The Hall–Kier alpha value is -1.94. The zero-order valence-electron chi connectivity index (χ0n) is 12.1. The topological polar surface area (TPSA) is 32.3 Å². The second-order valence-corrected chi connectivity index (χ2v) is 5.33. The molecule has 4 heteroatoms. The molecule has 0 bridgehead atoms. The summed E-state index contributed by atoms with van der Waals surface area (Å²) >= 11 is 0. The Morgan fingerprint density at radius 3 is 2.30 bits per heavy atom. The number of rotatable bonds is 2. The highest BCUT2D eigenvalue weighted by molar-refractivity contribution is 5.66. The minimum atomic E-state index is 1.05. The first-order valence-electron chi connectivity index (χ1n) is 7.05. The molecule has 1 saturated heterocycles. The third-order valence-corrected chi connectivity index (χ3v) is 3.89. The van der Waals surface area contributed by atoms with Gasteiger partial charge in [-0.3, -0.25) is 4.98 Å². The first-order valence-corrected chi connectivity index (χ1v) is 7.05. The van der Waals surface area contributed by atoms with Crippen LogP contribution in [0.2, 0.25) is 0 Å². The van der Waals surface area contributed by atoms with Crippen molar-refractivity contribution in [1.82, 2.24) is 14.9 Å². The van der Waals surface area contributed by atoms with Gasteiger partial charge in [0.1, 0.15) is 5.82 Å². The highest BCUT2D eigenvalue weighted by atomic mass is 15.3. The maximum atomic E-state index is 4.79. The van der Waals surface area contributed by atoms with E-state index >= 15 is 0 Å². The lowest BCUT2D eigenvalue weighted by Crippen LogP contribution is -2.44. The average molecular weight is 268 g/mol. The molecule has 2 aromatic heterocycles. The van der Waals surface area contributed by atoms with Crippen LogP contribution in [0.5, 0.6) is 0 Å². The second-order valence-electron chi connectivity index (χ2n) is 5.33. The van der Waals surface area contributed by atoms with Gasteiger partial charge in [0.2, 0.25) is 0 Å². The maximum absolute atomic E-state index is 4.79. The normalized spacial score (nSPS) is 16.4. The quantitative estimate of drug-likeness (QED) is 0.836. The van der Waals surface area contributed by atoms with Gasteiger partial charge in [-0.05, 0) is 43.8 Å². The molecule has 0 aromatic carbocycles. The summed E-state index contributed by atoms with van der Waals surface area (Å²) < 4.78 is 0. The number of hydrogen-bond donors (Lipinski definition) is 0. The Kier molecular flexibility index (Phi) is 3.65. The van der Waals surface area contributed by atoms with E-state index in [-0.39, 0.29) is 0 Å². The van der Waals surface area contributed by atoms with Crippen molar-refractivity contribution in [3.8, 4) is 11.1 Å². The third kappa shape index (κ3) is 2.65. The minimum absolute atomic E-state index is 1.05. The van der Waals surface area contributed by atoms with E-state index in [2.05, 4.69) is 40.9 Å². The van der Waals surface area contributed by atoms with Gasteiger partial charge < -0.3 is 9.80 Å². The number of nitrogens with zero attached hydrogens (tertiary/aromatic N) is 4. The van der Waals surface area contributed by atoms with Gasteiger partial charge in [0, 0.05) is 49.8 Å². The van der Waals surface area contributed by atoms with Crippen molar-refractivity contribution in [2.24, 2.45) is 0 Å². The number of likely N-dealkylation sites (N-methyl/N-ethyl adjacent to an activating group) is 1. The predicted molar refractivity (Wildman–Crippen MR) is 81.9 cm³/mol. The summed E-state index contributed by atoms with van der Waals surface area (Å²) in [7, 11) is 2.17. The molecule has 0 spiro atoms. The monoisotopic (exact) mass is 268 g/mol. The Morgan fingerprint density at radius 2 is 1.65 bits per heavy atom. The molecule has 1 fully saturated rings. The van der Waals surface area contributed by atoms with E-state index in [0.29, 0.717) is 0 Å². The van der Waals surface area contributed by atoms with Crippen molar-refractivity contribution < 1.29 is 0 Å². The van der Waals surface area contributed by atoms with Gasteiger partial charge in [-0.25, -0.2) is 4.98 Å². The van der Waals surface area contributed by atoms with Crippen LogP contribution in [0.1, 0.15) is 5.69 Å². The van der Waals surface area contributed by atoms with Crippen molar-refractivity contribution in [1.29, 1.82) is 0 Å². The van der Waals surface area contributed by atoms with Crippen LogP contribution < -0.4 is 4.90 Å². The molecular formula is C16H20N4. The number of pyridine rings is 2. The SMILES string of the molecule is Cc1nc(N2CCN(C)CC2)ccc1-c1ccncc1. The lowest BCUT2D eigenvalue weighted by molar-refractivity contribution is 0.312. The number of aryl methyl sites for hydroxylation is 1. The summed E-state index contributed by atoms with van der Waals surface area (Å²) in [5, 5.41) is 0. The van der Waals surface area contributed by atoms with Crippen molar-refractivity contribution in [3.05, 3.63) is 42.4 Å². The molecule has 0 aliphatic carbocycles. The lowest BCUT2D eigenvalue weighted by Gasteiger charge is -2.33. The van der Waals surface area contributed by atoms with Crippen LogP contribution in [-0.2, 0) is 0 Å². The first kappa shape index (κ1) is 13.1. The Labute approximate surface area is 120 Å². The Morgan fingerprint density at radius 1 is 0.950 bits per heavy atom. The Balaban J connectivity index is 1.84. The molecule has 20 heavy (non-hydrogen) atoms. The van der Waals surface area contributed by atoms with E-state index < -0.39 is 0 Å². The van der Waals surface area contributed by atoms with Crippen LogP contribution in [0.3, 0.4) is 0 Å². The standard InChI is InChI=1S/C16H20N4/c1-13-15(14-5-7-17-8-6-14)3-4-16(18-13)20-11-9-19(2)10-12-20/h3-8H,9-12H2,1-2H3. The number of aromatic nitrogens is 2. The molecule has 3 heterocycles. The summed E-state index contributed by atoms with van der Waals surface area (Å²) in [4.78, 5) is 13.6. The summed E-state index contributed by atoms with van der Waals surface area (Å²) in [6.45, 7) is 6.39. The van der Waals surface area contributed by atoms with Crippen LogP contribution in [0.25, 0.3) is 11.1 Å². The second kappa shape index (κ2) is 5.59. The van der Waals surface area contributed by atoms with Crippen LogP contribution in [-0.4, -0.2) is 48.1 Å². The minimum Gasteiger partial charge on any atom is -0.354 e.